The quantitative estimate of drug-likeness (QED) is 0.573. The molecule has 2 heterocycles. The number of aromatic nitrogens is 1. The zero-order chi connectivity index (χ0) is 17.4. The van der Waals surface area contributed by atoms with Gasteiger partial charge in [-0.2, -0.15) is 0 Å². The van der Waals surface area contributed by atoms with Gasteiger partial charge in [0.25, 0.3) is 0 Å². The fourth-order valence-electron chi connectivity index (χ4n) is 2.59. The number of aliphatic imine (C=N–C) groups is 1. The summed E-state index contributed by atoms with van der Waals surface area (Å²) in [5.41, 5.74) is 0.814. The molecule has 1 aliphatic rings. The number of nitrogens with zero attached hydrogens (tertiary/aromatic N) is 4. The zero-order valence-electron chi connectivity index (χ0n) is 14.8. The van der Waals surface area contributed by atoms with Crippen LogP contribution in [0, 0.1) is 0 Å². The van der Waals surface area contributed by atoms with Crippen molar-refractivity contribution in [1.82, 2.24) is 25.6 Å². The SMILES string of the molecule is CCNC(=NCc1ccon1)N1CCN(CC(=O)NC(C)C)CC1. The number of guanidine groups is 1. The largest absolute Gasteiger partial charge is 0.364 e. The number of carbonyl (C=O) groups excluding carboxylic acids is 1. The molecule has 1 aliphatic heterocycles. The lowest BCUT2D eigenvalue weighted by Gasteiger charge is -2.36. The van der Waals surface area contributed by atoms with Crippen LogP contribution < -0.4 is 10.6 Å². The van der Waals surface area contributed by atoms with Gasteiger partial charge in [0.05, 0.1) is 13.1 Å². The van der Waals surface area contributed by atoms with Gasteiger partial charge in [-0.1, -0.05) is 5.16 Å². The third-order valence-corrected chi connectivity index (χ3v) is 3.71. The monoisotopic (exact) mass is 336 g/mol. The lowest BCUT2D eigenvalue weighted by Crippen LogP contribution is -2.54. The number of carbonyl (C=O) groups is 1. The van der Waals surface area contributed by atoms with E-state index in [1.165, 1.54) is 0 Å². The predicted molar refractivity (Wildman–Crippen MR) is 92.6 cm³/mol. The van der Waals surface area contributed by atoms with Crippen LogP contribution in [0.15, 0.2) is 21.8 Å². The highest BCUT2D eigenvalue weighted by molar-refractivity contribution is 5.80. The fraction of sp³-hybridized carbons (Fsp3) is 0.688. The molecule has 0 unspecified atom stereocenters. The number of nitrogens with one attached hydrogen (secondary N) is 2. The van der Waals surface area contributed by atoms with Crippen LogP contribution in [0.25, 0.3) is 0 Å². The van der Waals surface area contributed by atoms with Gasteiger partial charge in [-0.15, -0.1) is 0 Å². The van der Waals surface area contributed by atoms with Crippen LogP contribution in [0.5, 0.6) is 0 Å². The van der Waals surface area contributed by atoms with Gasteiger partial charge in [0.1, 0.15) is 12.0 Å². The molecule has 8 heteroatoms. The maximum Gasteiger partial charge on any atom is 0.234 e. The number of hydrogen-bond acceptors (Lipinski definition) is 5. The van der Waals surface area contributed by atoms with E-state index in [0.29, 0.717) is 13.1 Å². The molecule has 0 bridgehead atoms. The first kappa shape index (κ1) is 18.3. The first-order valence-electron chi connectivity index (χ1n) is 8.52. The fourth-order valence-corrected chi connectivity index (χ4v) is 2.59. The van der Waals surface area contributed by atoms with E-state index >= 15 is 0 Å². The molecule has 0 saturated carbocycles. The molecule has 2 N–H and O–H groups in total. The second kappa shape index (κ2) is 9.27. The molecule has 1 amide bonds. The van der Waals surface area contributed by atoms with E-state index in [-0.39, 0.29) is 11.9 Å². The van der Waals surface area contributed by atoms with Crippen LogP contribution in [-0.2, 0) is 11.3 Å². The summed E-state index contributed by atoms with van der Waals surface area (Å²) in [4.78, 5) is 20.9. The number of piperazine rings is 1. The third kappa shape index (κ3) is 5.84. The van der Waals surface area contributed by atoms with Gasteiger partial charge in [0.2, 0.25) is 5.91 Å². The molecular weight excluding hydrogens is 308 g/mol. The predicted octanol–water partition coefficient (Wildman–Crippen LogP) is 0.282. The van der Waals surface area contributed by atoms with E-state index in [1.807, 2.05) is 19.9 Å². The van der Waals surface area contributed by atoms with Gasteiger partial charge >= 0.3 is 0 Å². The molecule has 0 atom stereocenters. The summed E-state index contributed by atoms with van der Waals surface area (Å²) in [7, 11) is 0. The van der Waals surface area contributed by atoms with Crippen LogP contribution in [-0.4, -0.2) is 72.1 Å². The Morgan fingerprint density at radius 3 is 2.71 bits per heavy atom. The van der Waals surface area contributed by atoms with E-state index in [0.717, 1.165) is 44.4 Å². The molecule has 1 aromatic heterocycles. The Labute approximate surface area is 143 Å². The zero-order valence-corrected chi connectivity index (χ0v) is 14.8. The van der Waals surface area contributed by atoms with Crippen LogP contribution in [0.1, 0.15) is 26.5 Å². The minimum atomic E-state index is 0.0880. The molecule has 134 valence electrons. The van der Waals surface area contributed by atoms with E-state index in [1.54, 1.807) is 6.26 Å². The van der Waals surface area contributed by atoms with Crippen molar-refractivity contribution in [2.45, 2.75) is 33.4 Å². The smallest absolute Gasteiger partial charge is 0.234 e. The van der Waals surface area contributed by atoms with Gasteiger partial charge in [0, 0.05) is 44.8 Å². The Morgan fingerprint density at radius 2 is 2.12 bits per heavy atom. The summed E-state index contributed by atoms with van der Waals surface area (Å²) in [5.74, 6) is 0.969. The first-order valence-corrected chi connectivity index (χ1v) is 8.52. The van der Waals surface area contributed by atoms with E-state index in [2.05, 4.69) is 37.5 Å². The van der Waals surface area contributed by atoms with E-state index < -0.39 is 0 Å². The molecule has 1 saturated heterocycles. The van der Waals surface area contributed by atoms with Gasteiger partial charge < -0.3 is 20.1 Å². The van der Waals surface area contributed by atoms with E-state index in [4.69, 9.17) is 4.52 Å². The maximum atomic E-state index is 11.9. The van der Waals surface area contributed by atoms with Crippen LogP contribution in [0.2, 0.25) is 0 Å². The Kier molecular flexibility index (Phi) is 7.05. The molecule has 0 aromatic carbocycles. The normalized spacial score (nSPS) is 16.5. The Balaban J connectivity index is 1.83. The Morgan fingerprint density at radius 1 is 1.38 bits per heavy atom. The van der Waals surface area contributed by atoms with Crippen molar-refractivity contribution < 1.29 is 9.32 Å². The Bertz CT molecular complexity index is 521. The molecule has 8 nitrogen and oxygen atoms in total. The average molecular weight is 336 g/mol. The van der Waals surface area contributed by atoms with Crippen LogP contribution in [0.3, 0.4) is 0 Å². The van der Waals surface area contributed by atoms with Gasteiger partial charge in [0.15, 0.2) is 5.96 Å². The number of amides is 1. The minimum absolute atomic E-state index is 0.0880. The summed E-state index contributed by atoms with van der Waals surface area (Å²) in [6, 6.07) is 2.00. The highest BCUT2D eigenvalue weighted by Gasteiger charge is 2.21. The maximum absolute atomic E-state index is 11.9. The van der Waals surface area contributed by atoms with Crippen molar-refractivity contribution in [3.05, 3.63) is 18.0 Å². The lowest BCUT2D eigenvalue weighted by atomic mass is 10.3. The standard InChI is InChI=1S/C16H28N6O2/c1-4-17-16(18-11-14-5-10-24-20-14)22-8-6-21(7-9-22)12-15(23)19-13(2)3/h5,10,13H,4,6-9,11-12H2,1-3H3,(H,17,18)(H,19,23). The second-order valence-electron chi connectivity index (χ2n) is 6.15. The van der Waals surface area contributed by atoms with E-state index in [9.17, 15) is 4.79 Å². The molecule has 2 rings (SSSR count). The van der Waals surface area contributed by atoms with Gasteiger partial charge in [-0.25, -0.2) is 4.99 Å². The molecule has 1 aromatic rings. The minimum Gasteiger partial charge on any atom is -0.364 e. The Hall–Kier alpha value is -2.09. The average Bonchev–Trinajstić information content (AvgIpc) is 3.05. The van der Waals surface area contributed by atoms with Crippen LogP contribution >= 0.6 is 0 Å². The van der Waals surface area contributed by atoms with Crippen molar-refractivity contribution in [2.24, 2.45) is 4.99 Å². The summed E-state index contributed by atoms with van der Waals surface area (Å²) in [6.45, 7) is 11.2. The number of rotatable bonds is 6. The number of hydrogen-bond donors (Lipinski definition) is 2. The lowest BCUT2D eigenvalue weighted by molar-refractivity contribution is -0.123. The van der Waals surface area contributed by atoms with Crippen molar-refractivity contribution in [1.29, 1.82) is 0 Å². The van der Waals surface area contributed by atoms with Crippen LogP contribution in [0.4, 0.5) is 0 Å². The molecule has 0 aliphatic carbocycles. The van der Waals surface area contributed by atoms with Gasteiger partial charge in [-0.3, -0.25) is 9.69 Å². The van der Waals surface area contributed by atoms with Crippen molar-refractivity contribution in [3.8, 4) is 0 Å². The summed E-state index contributed by atoms with van der Waals surface area (Å²) in [6.07, 6.45) is 1.55. The summed E-state index contributed by atoms with van der Waals surface area (Å²) >= 11 is 0. The molecule has 0 radical (unpaired) electrons. The summed E-state index contributed by atoms with van der Waals surface area (Å²) < 4.78 is 4.83. The van der Waals surface area contributed by atoms with Gasteiger partial charge in [-0.05, 0) is 20.8 Å². The molecule has 1 fully saturated rings. The topological polar surface area (TPSA) is 86.0 Å². The highest BCUT2D eigenvalue weighted by atomic mass is 16.5. The highest BCUT2D eigenvalue weighted by Crippen LogP contribution is 2.04. The molecular formula is C16H28N6O2. The molecule has 24 heavy (non-hydrogen) atoms. The third-order valence-electron chi connectivity index (χ3n) is 3.71. The van der Waals surface area contributed by atoms with Crippen molar-refractivity contribution in [2.75, 3.05) is 39.3 Å². The van der Waals surface area contributed by atoms with Crippen molar-refractivity contribution in [3.63, 3.8) is 0 Å². The molecule has 0 spiro atoms. The first-order chi connectivity index (χ1) is 11.6. The van der Waals surface area contributed by atoms with Crippen molar-refractivity contribution >= 4 is 11.9 Å². The second-order valence-corrected chi connectivity index (χ2v) is 6.15. The summed E-state index contributed by atoms with van der Waals surface area (Å²) in [5, 5.41) is 10.1.